The molecule has 1 rings (SSSR count). The average Bonchev–Trinajstić information content (AvgIpc) is 2.24. The molecular formula is C8H19N2O5PS. The van der Waals surface area contributed by atoms with Crippen LogP contribution in [0.1, 0.15) is 13.3 Å². The fourth-order valence-corrected chi connectivity index (χ4v) is 3.89. The molecule has 0 aromatic carbocycles. The van der Waals surface area contributed by atoms with Crippen LogP contribution in [-0.4, -0.2) is 52.2 Å². The third-order valence-electron chi connectivity index (χ3n) is 2.28. The predicted molar refractivity (Wildman–Crippen MR) is 64.2 cm³/mol. The van der Waals surface area contributed by atoms with Crippen LogP contribution < -0.4 is 5.09 Å². The number of nitrogens with one attached hydrogen (secondary N) is 1. The van der Waals surface area contributed by atoms with Crippen molar-refractivity contribution in [2.75, 3.05) is 39.1 Å². The van der Waals surface area contributed by atoms with Crippen molar-refractivity contribution in [3.05, 3.63) is 0 Å². The lowest BCUT2D eigenvalue weighted by molar-refractivity contribution is 0.200. The molecule has 1 aliphatic heterocycles. The summed E-state index contributed by atoms with van der Waals surface area (Å²) in [4.78, 5) is 0. The van der Waals surface area contributed by atoms with E-state index in [1.54, 1.807) is 4.67 Å². The van der Waals surface area contributed by atoms with E-state index in [-0.39, 0.29) is 13.2 Å². The molecule has 1 N–H and O–H groups in total. The summed E-state index contributed by atoms with van der Waals surface area (Å²) in [5.41, 5.74) is 0. The molecular weight excluding hydrogens is 267 g/mol. The lowest BCUT2D eigenvalue weighted by atomic mass is 10.4. The normalized spacial score (nSPS) is 27.2. The number of hydrogen-bond donors (Lipinski definition) is 1. The van der Waals surface area contributed by atoms with Crippen molar-refractivity contribution < 1.29 is 21.7 Å². The summed E-state index contributed by atoms with van der Waals surface area (Å²) in [7, 11) is -6.45. The zero-order chi connectivity index (χ0) is 12.9. The minimum absolute atomic E-state index is 0.0518. The topological polar surface area (TPSA) is 84.9 Å². The van der Waals surface area contributed by atoms with E-state index in [0.29, 0.717) is 19.7 Å². The third-order valence-corrected chi connectivity index (χ3v) is 5.25. The number of nitrogens with zero attached hydrogens (tertiary/aromatic N) is 1. The Hall–Kier alpha value is 0.0200. The second kappa shape index (κ2) is 6.26. The summed E-state index contributed by atoms with van der Waals surface area (Å²) < 4.78 is 45.3. The predicted octanol–water partition coefficient (Wildman–Crippen LogP) is 0.402. The van der Waals surface area contributed by atoms with Gasteiger partial charge in [-0.3, -0.25) is 8.75 Å². The van der Waals surface area contributed by atoms with Gasteiger partial charge in [0.15, 0.2) is 0 Å². The van der Waals surface area contributed by atoms with Gasteiger partial charge < -0.3 is 4.52 Å². The van der Waals surface area contributed by atoms with Crippen molar-refractivity contribution in [2.24, 2.45) is 0 Å². The maximum atomic E-state index is 12.3. The first kappa shape index (κ1) is 15.1. The molecule has 102 valence electrons. The lowest BCUT2D eigenvalue weighted by Crippen LogP contribution is -2.35. The minimum atomic E-state index is -3.45. The largest absolute Gasteiger partial charge is 0.343 e. The summed E-state index contributed by atoms with van der Waals surface area (Å²) in [6, 6.07) is 0. The smallest absolute Gasteiger partial charge is 0.306 e. The van der Waals surface area contributed by atoms with Crippen molar-refractivity contribution in [2.45, 2.75) is 13.3 Å². The maximum absolute atomic E-state index is 12.3. The molecule has 0 saturated carbocycles. The van der Waals surface area contributed by atoms with E-state index in [2.05, 4.69) is 9.27 Å². The molecule has 0 spiro atoms. The van der Waals surface area contributed by atoms with E-state index in [0.717, 1.165) is 12.7 Å². The third kappa shape index (κ3) is 5.03. The van der Waals surface area contributed by atoms with E-state index in [1.165, 1.54) is 0 Å². The monoisotopic (exact) mass is 286 g/mol. The second-order valence-electron chi connectivity index (χ2n) is 3.69. The molecule has 1 atom stereocenters. The molecule has 0 aromatic heterocycles. The Morgan fingerprint density at radius 1 is 1.53 bits per heavy atom. The Bertz CT molecular complexity index is 385. The molecule has 0 radical (unpaired) electrons. The van der Waals surface area contributed by atoms with Gasteiger partial charge in [-0.2, -0.15) is 8.42 Å². The van der Waals surface area contributed by atoms with Gasteiger partial charge in [0.2, 0.25) is 0 Å². The van der Waals surface area contributed by atoms with E-state index in [4.69, 9.17) is 4.52 Å². The molecule has 1 aliphatic rings. The van der Waals surface area contributed by atoms with Gasteiger partial charge in [0, 0.05) is 19.6 Å². The Morgan fingerprint density at radius 2 is 2.24 bits per heavy atom. The summed E-state index contributed by atoms with van der Waals surface area (Å²) in [5, 5.41) is 2.74. The molecule has 0 amide bonds. The Balaban J connectivity index is 2.40. The fourth-order valence-electron chi connectivity index (χ4n) is 1.52. The van der Waals surface area contributed by atoms with Crippen LogP contribution in [-0.2, 0) is 23.4 Å². The highest BCUT2D eigenvalue weighted by Crippen LogP contribution is 2.48. The van der Waals surface area contributed by atoms with Gasteiger partial charge in [-0.05, 0) is 6.42 Å². The van der Waals surface area contributed by atoms with Gasteiger partial charge in [0.05, 0.1) is 19.5 Å². The molecule has 17 heavy (non-hydrogen) atoms. The number of rotatable bonds is 6. The van der Waals surface area contributed by atoms with Crippen LogP contribution >= 0.6 is 7.67 Å². The van der Waals surface area contributed by atoms with Crippen molar-refractivity contribution in [3.63, 3.8) is 0 Å². The molecule has 0 bridgehead atoms. The minimum Gasteiger partial charge on any atom is -0.306 e. The SMILES string of the molecule is CCN1CCCOP1(=O)NCCOS(C)(=O)=O. The molecule has 1 unspecified atom stereocenters. The molecule has 1 fully saturated rings. The second-order valence-corrected chi connectivity index (χ2v) is 7.51. The first-order valence-corrected chi connectivity index (χ1v) is 8.86. The summed E-state index contributed by atoms with van der Waals surface area (Å²) in [5.74, 6) is 0. The van der Waals surface area contributed by atoms with Crippen molar-refractivity contribution in [1.29, 1.82) is 0 Å². The Labute approximate surface area is 102 Å². The molecule has 0 aliphatic carbocycles. The Morgan fingerprint density at radius 3 is 2.82 bits per heavy atom. The van der Waals surface area contributed by atoms with Gasteiger partial charge in [-0.15, -0.1) is 0 Å². The van der Waals surface area contributed by atoms with Crippen LogP contribution in [0.5, 0.6) is 0 Å². The van der Waals surface area contributed by atoms with Gasteiger partial charge in [0.25, 0.3) is 10.1 Å². The van der Waals surface area contributed by atoms with Gasteiger partial charge in [-0.25, -0.2) is 9.76 Å². The van der Waals surface area contributed by atoms with Crippen LogP contribution in [0.15, 0.2) is 0 Å². The van der Waals surface area contributed by atoms with Crippen molar-refractivity contribution >= 4 is 17.8 Å². The zero-order valence-corrected chi connectivity index (χ0v) is 11.8. The van der Waals surface area contributed by atoms with Crippen LogP contribution in [0.25, 0.3) is 0 Å². The maximum Gasteiger partial charge on any atom is 0.343 e. The summed E-state index contributed by atoms with van der Waals surface area (Å²) in [6.07, 6.45) is 1.82. The summed E-state index contributed by atoms with van der Waals surface area (Å²) in [6.45, 7) is 3.80. The number of hydrogen-bond acceptors (Lipinski definition) is 5. The lowest BCUT2D eigenvalue weighted by Gasteiger charge is -2.34. The average molecular weight is 286 g/mol. The summed E-state index contributed by atoms with van der Waals surface area (Å²) >= 11 is 0. The standard InChI is InChI=1S/C8H19N2O5PS/c1-3-10-6-4-7-14-16(10,11)9-5-8-15-17(2,12)13/h3-8H2,1-2H3,(H,9,11). The van der Waals surface area contributed by atoms with Crippen LogP contribution in [0.4, 0.5) is 0 Å². The van der Waals surface area contributed by atoms with Gasteiger partial charge >= 0.3 is 7.67 Å². The highest BCUT2D eigenvalue weighted by molar-refractivity contribution is 7.85. The molecule has 1 saturated heterocycles. The highest BCUT2D eigenvalue weighted by Gasteiger charge is 2.33. The van der Waals surface area contributed by atoms with Crippen molar-refractivity contribution in [3.8, 4) is 0 Å². The quantitative estimate of drug-likeness (QED) is 0.430. The van der Waals surface area contributed by atoms with E-state index in [1.807, 2.05) is 6.92 Å². The molecule has 9 heteroatoms. The van der Waals surface area contributed by atoms with Gasteiger partial charge in [0.1, 0.15) is 0 Å². The molecule has 7 nitrogen and oxygen atoms in total. The van der Waals surface area contributed by atoms with Crippen LogP contribution in [0, 0.1) is 0 Å². The Kier molecular flexibility index (Phi) is 5.56. The highest BCUT2D eigenvalue weighted by atomic mass is 32.2. The van der Waals surface area contributed by atoms with Gasteiger partial charge in [-0.1, -0.05) is 6.92 Å². The van der Waals surface area contributed by atoms with E-state index < -0.39 is 17.8 Å². The first-order valence-electron chi connectivity index (χ1n) is 5.47. The fraction of sp³-hybridized carbons (Fsp3) is 1.00. The first-order chi connectivity index (χ1) is 7.87. The van der Waals surface area contributed by atoms with Crippen molar-refractivity contribution in [1.82, 2.24) is 9.76 Å². The van der Waals surface area contributed by atoms with Crippen LogP contribution in [0.3, 0.4) is 0 Å². The zero-order valence-electron chi connectivity index (χ0n) is 10.1. The molecule has 1 heterocycles. The van der Waals surface area contributed by atoms with E-state index >= 15 is 0 Å². The van der Waals surface area contributed by atoms with Crippen LogP contribution in [0.2, 0.25) is 0 Å². The molecule has 0 aromatic rings. The van der Waals surface area contributed by atoms with E-state index in [9.17, 15) is 13.0 Å².